The number of hydrogen-bond acceptors (Lipinski definition) is 4. The first kappa shape index (κ1) is 13.4. The van der Waals surface area contributed by atoms with Gasteiger partial charge in [-0.15, -0.1) is 0 Å². The summed E-state index contributed by atoms with van der Waals surface area (Å²) >= 11 is 6.01. The number of nitrogens with one attached hydrogen (secondary N) is 1. The fourth-order valence-corrected chi connectivity index (χ4v) is 2.82. The van der Waals surface area contributed by atoms with E-state index in [0.29, 0.717) is 22.2 Å². The number of halogens is 1. The lowest BCUT2D eigenvalue weighted by Gasteiger charge is -2.06. The number of hydrogen-bond donors (Lipinski definition) is 1. The summed E-state index contributed by atoms with van der Waals surface area (Å²) in [5.41, 5.74) is 1.03. The number of carbonyl (C=O) groups excluding carboxylic acids is 1. The van der Waals surface area contributed by atoms with Gasteiger partial charge >= 0.3 is 5.97 Å². The molecule has 0 saturated carbocycles. The van der Waals surface area contributed by atoms with Crippen LogP contribution in [0, 0.1) is 5.92 Å². The highest BCUT2D eigenvalue weighted by molar-refractivity contribution is 6.31. The van der Waals surface area contributed by atoms with E-state index in [-0.39, 0.29) is 0 Å². The Balaban J connectivity index is 2.05. The molecule has 3 heterocycles. The van der Waals surface area contributed by atoms with Crippen molar-refractivity contribution in [3.63, 3.8) is 0 Å². The number of pyridine rings is 1. The van der Waals surface area contributed by atoms with Crippen molar-refractivity contribution in [2.75, 3.05) is 20.2 Å². The molecule has 0 amide bonds. The minimum atomic E-state index is -0.430. The highest BCUT2D eigenvalue weighted by Crippen LogP contribution is 2.22. The molecule has 0 aliphatic carbocycles. The van der Waals surface area contributed by atoms with E-state index in [4.69, 9.17) is 16.3 Å². The van der Waals surface area contributed by atoms with E-state index in [1.807, 2.05) is 10.6 Å². The summed E-state index contributed by atoms with van der Waals surface area (Å²) in [4.78, 5) is 16.3. The van der Waals surface area contributed by atoms with Gasteiger partial charge in [-0.05, 0) is 37.6 Å². The van der Waals surface area contributed by atoms with Gasteiger partial charge in [-0.3, -0.25) is 0 Å². The third-order valence-corrected chi connectivity index (χ3v) is 3.93. The van der Waals surface area contributed by atoms with Gasteiger partial charge in [-0.2, -0.15) is 0 Å². The van der Waals surface area contributed by atoms with E-state index in [0.717, 1.165) is 31.8 Å². The first-order valence-electron chi connectivity index (χ1n) is 6.64. The van der Waals surface area contributed by atoms with Gasteiger partial charge in [-0.25, -0.2) is 9.78 Å². The number of esters is 1. The zero-order valence-electron chi connectivity index (χ0n) is 11.2. The molecule has 0 aromatic carbocycles. The molecule has 1 atom stereocenters. The second kappa shape index (κ2) is 5.42. The van der Waals surface area contributed by atoms with Gasteiger partial charge < -0.3 is 14.5 Å². The molecule has 0 radical (unpaired) electrons. The van der Waals surface area contributed by atoms with Crippen LogP contribution in [0.1, 0.15) is 22.7 Å². The number of imidazole rings is 1. The number of aromatic nitrogens is 2. The Bertz CT molecular complexity index is 647. The summed E-state index contributed by atoms with van der Waals surface area (Å²) in [6.07, 6.45) is 3.83. The van der Waals surface area contributed by atoms with Crippen molar-refractivity contribution in [1.82, 2.24) is 14.7 Å². The van der Waals surface area contributed by atoms with Gasteiger partial charge in [-0.1, -0.05) is 11.6 Å². The van der Waals surface area contributed by atoms with Crippen LogP contribution < -0.4 is 5.32 Å². The van der Waals surface area contributed by atoms with Gasteiger partial charge in [0.25, 0.3) is 0 Å². The highest BCUT2D eigenvalue weighted by Gasteiger charge is 2.22. The third-order valence-electron chi connectivity index (χ3n) is 3.69. The molecule has 1 aliphatic rings. The summed E-state index contributed by atoms with van der Waals surface area (Å²) in [5.74, 6) is 1.01. The number of rotatable bonds is 3. The Labute approximate surface area is 121 Å². The molecule has 0 bridgehead atoms. The Morgan fingerprint density at radius 3 is 3.20 bits per heavy atom. The zero-order chi connectivity index (χ0) is 14.1. The number of carbonyl (C=O) groups is 1. The van der Waals surface area contributed by atoms with Crippen molar-refractivity contribution >= 4 is 23.1 Å². The maximum Gasteiger partial charge on any atom is 0.358 e. The molecule has 1 aliphatic heterocycles. The fraction of sp³-hybridized carbons (Fsp3) is 0.429. The van der Waals surface area contributed by atoms with Crippen LogP contribution in [0.15, 0.2) is 18.3 Å². The van der Waals surface area contributed by atoms with Crippen molar-refractivity contribution in [3.8, 4) is 0 Å². The molecule has 0 spiro atoms. The molecule has 2 aromatic rings. The number of methoxy groups -OCH3 is 1. The minimum absolute atomic E-state index is 0.330. The topological polar surface area (TPSA) is 55.6 Å². The lowest BCUT2D eigenvalue weighted by Crippen LogP contribution is -2.12. The Kier molecular flexibility index (Phi) is 3.63. The average molecular weight is 294 g/mol. The standard InChI is InChI=1S/C14H16ClN3O2/c1-20-14(19)13-11-7-10(15)3-5-18(11)12(17-13)6-9-2-4-16-8-9/h3,5,7,9,16H,2,4,6,8H2,1H3. The van der Waals surface area contributed by atoms with E-state index in [9.17, 15) is 4.79 Å². The van der Waals surface area contributed by atoms with E-state index in [1.165, 1.54) is 7.11 Å². The molecule has 2 aromatic heterocycles. The molecule has 1 saturated heterocycles. The van der Waals surface area contributed by atoms with Crippen molar-refractivity contribution in [3.05, 3.63) is 34.9 Å². The van der Waals surface area contributed by atoms with Crippen LogP contribution in [0.3, 0.4) is 0 Å². The molecule has 3 rings (SSSR count). The third kappa shape index (κ3) is 2.39. The lowest BCUT2D eigenvalue weighted by atomic mass is 10.1. The normalized spacial score (nSPS) is 18.6. The molecule has 106 valence electrons. The molecule has 20 heavy (non-hydrogen) atoms. The van der Waals surface area contributed by atoms with Gasteiger partial charge in [0.15, 0.2) is 5.69 Å². The molecule has 5 nitrogen and oxygen atoms in total. The summed E-state index contributed by atoms with van der Waals surface area (Å²) in [7, 11) is 1.36. The van der Waals surface area contributed by atoms with E-state index >= 15 is 0 Å². The molecular weight excluding hydrogens is 278 g/mol. The van der Waals surface area contributed by atoms with Crippen LogP contribution in [0.5, 0.6) is 0 Å². The van der Waals surface area contributed by atoms with Crippen LogP contribution in [0.25, 0.3) is 5.52 Å². The van der Waals surface area contributed by atoms with Crippen molar-refractivity contribution in [2.45, 2.75) is 12.8 Å². The molecule has 1 N–H and O–H groups in total. The average Bonchev–Trinajstić information content (AvgIpc) is 3.06. The van der Waals surface area contributed by atoms with Gasteiger partial charge in [0.2, 0.25) is 0 Å². The zero-order valence-corrected chi connectivity index (χ0v) is 12.0. The molecule has 1 fully saturated rings. The Morgan fingerprint density at radius 2 is 2.50 bits per heavy atom. The van der Waals surface area contributed by atoms with Crippen LogP contribution in [-0.4, -0.2) is 35.6 Å². The van der Waals surface area contributed by atoms with Crippen molar-refractivity contribution in [2.24, 2.45) is 5.92 Å². The SMILES string of the molecule is COC(=O)c1nc(CC2CCNC2)n2ccc(Cl)cc12. The largest absolute Gasteiger partial charge is 0.464 e. The fourth-order valence-electron chi connectivity index (χ4n) is 2.66. The number of fused-ring (bicyclic) bond motifs is 1. The van der Waals surface area contributed by atoms with Gasteiger partial charge in [0.05, 0.1) is 12.6 Å². The van der Waals surface area contributed by atoms with Crippen molar-refractivity contribution < 1.29 is 9.53 Å². The maximum atomic E-state index is 11.8. The Hall–Kier alpha value is -1.59. The summed E-state index contributed by atoms with van der Waals surface area (Å²) in [5, 5.41) is 3.92. The first-order chi connectivity index (χ1) is 9.69. The smallest absolute Gasteiger partial charge is 0.358 e. The second-order valence-electron chi connectivity index (χ2n) is 5.03. The van der Waals surface area contributed by atoms with E-state index in [1.54, 1.807) is 12.1 Å². The predicted molar refractivity (Wildman–Crippen MR) is 76.2 cm³/mol. The monoisotopic (exact) mass is 293 g/mol. The highest BCUT2D eigenvalue weighted by atomic mass is 35.5. The number of nitrogens with zero attached hydrogens (tertiary/aromatic N) is 2. The molecule has 6 heteroatoms. The first-order valence-corrected chi connectivity index (χ1v) is 7.02. The van der Waals surface area contributed by atoms with Crippen LogP contribution in [0.4, 0.5) is 0 Å². The summed E-state index contributed by atoms with van der Waals surface area (Å²) in [6, 6.07) is 3.55. The summed E-state index contributed by atoms with van der Waals surface area (Å²) in [6.45, 7) is 2.04. The van der Waals surface area contributed by atoms with Crippen LogP contribution >= 0.6 is 11.6 Å². The molecular formula is C14H16ClN3O2. The number of ether oxygens (including phenoxy) is 1. The van der Waals surface area contributed by atoms with Crippen LogP contribution in [0.2, 0.25) is 5.02 Å². The van der Waals surface area contributed by atoms with Crippen molar-refractivity contribution in [1.29, 1.82) is 0 Å². The van der Waals surface area contributed by atoms with Gasteiger partial charge in [0, 0.05) is 17.6 Å². The second-order valence-corrected chi connectivity index (χ2v) is 5.47. The van der Waals surface area contributed by atoms with E-state index < -0.39 is 5.97 Å². The lowest BCUT2D eigenvalue weighted by molar-refractivity contribution is 0.0596. The van der Waals surface area contributed by atoms with E-state index in [2.05, 4.69) is 10.3 Å². The maximum absolute atomic E-state index is 11.8. The minimum Gasteiger partial charge on any atom is -0.464 e. The predicted octanol–water partition coefficient (Wildman–Crippen LogP) is 1.93. The molecule has 1 unspecified atom stereocenters. The van der Waals surface area contributed by atoms with Gasteiger partial charge in [0.1, 0.15) is 5.82 Å². The van der Waals surface area contributed by atoms with Crippen LogP contribution in [-0.2, 0) is 11.2 Å². The summed E-state index contributed by atoms with van der Waals surface area (Å²) < 4.78 is 6.72. The Morgan fingerprint density at radius 1 is 1.65 bits per heavy atom. The quantitative estimate of drug-likeness (QED) is 0.879.